The topological polar surface area (TPSA) is 130 Å². The predicted octanol–water partition coefficient (Wildman–Crippen LogP) is 3.76. The smallest absolute Gasteiger partial charge is 0.283 e. The van der Waals surface area contributed by atoms with Crippen molar-refractivity contribution >= 4 is 23.2 Å². The van der Waals surface area contributed by atoms with Gasteiger partial charge in [0.2, 0.25) is 0 Å². The summed E-state index contributed by atoms with van der Waals surface area (Å²) in [5.41, 5.74) is 7.96. The summed E-state index contributed by atoms with van der Waals surface area (Å²) >= 11 is 0. The Morgan fingerprint density at radius 3 is 2.82 bits per heavy atom. The molecule has 3 aliphatic rings. The maximum atomic E-state index is 15.4. The molecule has 2 aromatic heterocycles. The van der Waals surface area contributed by atoms with Gasteiger partial charge in [-0.3, -0.25) is 4.79 Å². The number of fused-ring (bicyclic) bond motifs is 4. The van der Waals surface area contributed by atoms with E-state index in [9.17, 15) is 4.79 Å². The Labute approximate surface area is 217 Å². The molecule has 0 saturated heterocycles. The highest BCUT2D eigenvalue weighted by Crippen LogP contribution is 2.53. The van der Waals surface area contributed by atoms with Gasteiger partial charge in [0.25, 0.3) is 17.9 Å². The van der Waals surface area contributed by atoms with Crippen molar-refractivity contribution in [2.24, 2.45) is 10.7 Å². The Balaban J connectivity index is 1.43. The van der Waals surface area contributed by atoms with Crippen LogP contribution in [0.4, 0.5) is 10.1 Å². The van der Waals surface area contributed by atoms with Crippen molar-refractivity contribution in [2.45, 2.75) is 18.4 Å². The van der Waals surface area contributed by atoms with E-state index in [0.717, 1.165) is 5.57 Å². The maximum Gasteiger partial charge on any atom is 0.283 e. The van der Waals surface area contributed by atoms with Gasteiger partial charge in [0.1, 0.15) is 22.7 Å². The minimum Gasteiger partial charge on any atom is -0.495 e. The van der Waals surface area contributed by atoms with Crippen LogP contribution < -0.4 is 20.5 Å². The molecule has 10 nitrogen and oxygen atoms in total. The molecule has 0 fully saturated rings. The first-order valence-electron chi connectivity index (χ1n) is 12.1. The second-order valence-electron chi connectivity index (χ2n) is 9.00. The van der Waals surface area contributed by atoms with E-state index in [4.69, 9.17) is 24.7 Å². The molecule has 0 aliphatic carbocycles. The molecule has 1 atom stereocenters. The summed E-state index contributed by atoms with van der Waals surface area (Å²) in [6, 6.07) is 10.0. The SMILES string of the molecule is COc1ccc(C(=O)Nc2ccc3c(c2)[C@@]2(CCOC(N)=N2)c2cc(C4=CCCOC4)nc(F)c2O3)nc1. The van der Waals surface area contributed by atoms with Gasteiger partial charge in [0.05, 0.1) is 38.8 Å². The van der Waals surface area contributed by atoms with Crippen molar-refractivity contribution in [3.8, 4) is 17.2 Å². The number of carbonyl (C=O) groups is 1. The summed E-state index contributed by atoms with van der Waals surface area (Å²) in [6.45, 7) is 1.20. The predicted molar refractivity (Wildman–Crippen MR) is 136 cm³/mol. The fourth-order valence-electron chi connectivity index (χ4n) is 4.88. The molecule has 1 amide bonds. The van der Waals surface area contributed by atoms with Crippen LogP contribution in [0.15, 0.2) is 53.7 Å². The van der Waals surface area contributed by atoms with Crippen LogP contribution in [0.2, 0.25) is 0 Å². The zero-order chi connectivity index (χ0) is 26.3. The molecule has 1 aromatic carbocycles. The van der Waals surface area contributed by atoms with E-state index in [2.05, 4.69) is 20.3 Å². The van der Waals surface area contributed by atoms with Crippen LogP contribution in [0, 0.1) is 5.95 Å². The number of ether oxygens (including phenoxy) is 4. The number of benzene rings is 1. The highest BCUT2D eigenvalue weighted by atomic mass is 19.1. The van der Waals surface area contributed by atoms with Crippen LogP contribution in [-0.4, -0.2) is 48.8 Å². The van der Waals surface area contributed by atoms with Gasteiger partial charge in [-0.25, -0.2) is 15.0 Å². The molecule has 0 saturated carbocycles. The van der Waals surface area contributed by atoms with Gasteiger partial charge >= 0.3 is 0 Å². The third kappa shape index (κ3) is 4.10. The zero-order valence-electron chi connectivity index (χ0n) is 20.5. The summed E-state index contributed by atoms with van der Waals surface area (Å²) in [4.78, 5) is 25.9. The summed E-state index contributed by atoms with van der Waals surface area (Å²) in [5.74, 6) is -0.256. The number of nitrogens with two attached hydrogens (primary N) is 1. The van der Waals surface area contributed by atoms with E-state index in [1.807, 2.05) is 6.08 Å². The van der Waals surface area contributed by atoms with E-state index in [-0.39, 0.29) is 24.1 Å². The molecule has 38 heavy (non-hydrogen) atoms. The monoisotopic (exact) mass is 517 g/mol. The number of rotatable bonds is 4. The van der Waals surface area contributed by atoms with Gasteiger partial charge < -0.3 is 30.0 Å². The molecule has 1 spiro atoms. The first kappa shape index (κ1) is 23.9. The normalized spacial score (nSPS) is 19.7. The van der Waals surface area contributed by atoms with Crippen molar-refractivity contribution in [3.63, 3.8) is 0 Å². The maximum absolute atomic E-state index is 15.4. The molecule has 194 valence electrons. The number of aliphatic imine (C=N–C) groups is 1. The molecular formula is C27H24FN5O5. The number of anilines is 1. The number of nitrogens with one attached hydrogen (secondary N) is 1. The lowest BCUT2D eigenvalue weighted by molar-refractivity contribution is 0.102. The molecule has 0 unspecified atom stereocenters. The van der Waals surface area contributed by atoms with Crippen LogP contribution in [0.5, 0.6) is 17.2 Å². The van der Waals surface area contributed by atoms with E-state index in [0.29, 0.717) is 60.1 Å². The van der Waals surface area contributed by atoms with Crippen LogP contribution in [0.3, 0.4) is 0 Å². The Bertz CT molecular complexity index is 1490. The average Bonchev–Trinajstić information content (AvgIpc) is 2.94. The number of pyridine rings is 2. The molecule has 6 rings (SSSR count). The van der Waals surface area contributed by atoms with Gasteiger partial charge in [-0.1, -0.05) is 6.08 Å². The molecule has 3 aliphatic heterocycles. The zero-order valence-corrected chi connectivity index (χ0v) is 20.5. The van der Waals surface area contributed by atoms with Crippen molar-refractivity contribution in [3.05, 3.63) is 77.1 Å². The van der Waals surface area contributed by atoms with Crippen LogP contribution in [-0.2, 0) is 15.0 Å². The number of amidine groups is 1. The third-order valence-corrected chi connectivity index (χ3v) is 6.73. The quantitative estimate of drug-likeness (QED) is 0.501. The summed E-state index contributed by atoms with van der Waals surface area (Å²) in [6.07, 6.45) is 4.54. The number of nitrogens with zero attached hydrogens (tertiary/aromatic N) is 3. The Kier molecular flexibility index (Phi) is 5.91. The minimum atomic E-state index is -1.11. The Hall–Kier alpha value is -4.51. The number of methoxy groups -OCH3 is 1. The summed E-state index contributed by atoms with van der Waals surface area (Å²) < 4.78 is 37.5. The second-order valence-corrected chi connectivity index (χ2v) is 9.00. The summed E-state index contributed by atoms with van der Waals surface area (Å²) in [5, 5.41) is 2.86. The van der Waals surface area contributed by atoms with Gasteiger partial charge in [-0.2, -0.15) is 4.39 Å². The fraction of sp³-hybridized carbons (Fsp3) is 0.259. The lowest BCUT2D eigenvalue weighted by Crippen LogP contribution is -2.39. The summed E-state index contributed by atoms with van der Waals surface area (Å²) in [7, 11) is 1.52. The van der Waals surface area contributed by atoms with E-state index < -0.39 is 17.4 Å². The fourth-order valence-corrected chi connectivity index (χ4v) is 4.88. The number of halogens is 1. The Morgan fingerprint density at radius 2 is 2.08 bits per heavy atom. The van der Waals surface area contributed by atoms with E-state index in [1.165, 1.54) is 13.3 Å². The lowest BCUT2D eigenvalue weighted by atomic mass is 9.77. The van der Waals surface area contributed by atoms with Gasteiger partial charge in [0.15, 0.2) is 5.75 Å². The first-order valence-corrected chi connectivity index (χ1v) is 12.1. The number of amides is 1. The van der Waals surface area contributed by atoms with Gasteiger partial charge in [-0.15, -0.1) is 0 Å². The van der Waals surface area contributed by atoms with Crippen LogP contribution in [0.25, 0.3) is 5.57 Å². The van der Waals surface area contributed by atoms with E-state index in [1.54, 1.807) is 36.4 Å². The third-order valence-electron chi connectivity index (χ3n) is 6.73. The van der Waals surface area contributed by atoms with Crippen LogP contribution >= 0.6 is 0 Å². The van der Waals surface area contributed by atoms with Crippen LogP contribution in [0.1, 0.15) is 40.2 Å². The van der Waals surface area contributed by atoms with Crippen molar-refractivity contribution in [1.29, 1.82) is 0 Å². The first-order chi connectivity index (χ1) is 18.5. The lowest BCUT2D eigenvalue weighted by Gasteiger charge is -2.39. The van der Waals surface area contributed by atoms with E-state index >= 15 is 4.39 Å². The molecule has 11 heteroatoms. The molecule has 5 heterocycles. The molecule has 3 N–H and O–H groups in total. The molecule has 0 bridgehead atoms. The van der Waals surface area contributed by atoms with Gasteiger partial charge in [-0.05, 0) is 48.4 Å². The Morgan fingerprint density at radius 1 is 1.18 bits per heavy atom. The largest absolute Gasteiger partial charge is 0.495 e. The minimum absolute atomic E-state index is 0.0174. The highest BCUT2D eigenvalue weighted by Gasteiger charge is 2.46. The standard InChI is InChI=1S/C27H24FN5O5/c1-35-17-5-6-20(30-13-17)25(34)31-16-4-7-22-18(11-16)27(8-10-37-26(29)33-27)19-12-21(15-3-2-9-36-14-15)32-24(28)23(19)38-22/h3-7,11-13H,2,8-10,14H2,1H3,(H2,29,33)(H,31,34)/t27-/m0/s1. The number of hydrogen-bond donors (Lipinski definition) is 2. The van der Waals surface area contributed by atoms with Crippen molar-refractivity contribution in [2.75, 3.05) is 32.2 Å². The molecular weight excluding hydrogens is 493 g/mol. The molecule has 3 aromatic rings. The van der Waals surface area contributed by atoms with Crippen molar-refractivity contribution in [1.82, 2.24) is 9.97 Å². The number of carbonyl (C=O) groups excluding carboxylic acids is 1. The number of aromatic nitrogens is 2. The average molecular weight is 518 g/mol. The second kappa shape index (κ2) is 9.42. The highest BCUT2D eigenvalue weighted by molar-refractivity contribution is 6.03. The van der Waals surface area contributed by atoms with Gasteiger partial charge in [0, 0.05) is 23.2 Å². The number of hydrogen-bond acceptors (Lipinski definition) is 9. The van der Waals surface area contributed by atoms with Crippen molar-refractivity contribution < 1.29 is 28.1 Å². The molecule has 0 radical (unpaired) electrons.